The van der Waals surface area contributed by atoms with Crippen LogP contribution < -0.4 is 14.8 Å². The van der Waals surface area contributed by atoms with Gasteiger partial charge in [-0.2, -0.15) is 0 Å². The van der Waals surface area contributed by atoms with Crippen molar-refractivity contribution in [1.29, 1.82) is 0 Å². The Labute approximate surface area is 167 Å². The zero-order valence-electron chi connectivity index (χ0n) is 17.0. The highest BCUT2D eigenvalue weighted by molar-refractivity contribution is 6.91. The van der Waals surface area contributed by atoms with Gasteiger partial charge < -0.3 is 9.47 Å². The number of ether oxygens (including phenoxy) is 2. The van der Waals surface area contributed by atoms with Gasteiger partial charge in [-0.05, 0) is 29.8 Å². The Bertz CT molecular complexity index is 851. The molecule has 5 nitrogen and oxygen atoms in total. The maximum absolute atomic E-state index is 13.2. The van der Waals surface area contributed by atoms with Crippen LogP contribution in [-0.2, 0) is 14.3 Å². The fraction of sp³-hybridized carbons (Fsp3) is 0.364. The molecule has 2 aromatic carbocycles. The summed E-state index contributed by atoms with van der Waals surface area (Å²) in [7, 11) is 0.988. The summed E-state index contributed by atoms with van der Waals surface area (Å²) in [5, 5.41) is 1.28. The first-order valence-electron chi connectivity index (χ1n) is 9.43. The second-order valence-electron chi connectivity index (χ2n) is 7.78. The van der Waals surface area contributed by atoms with Crippen molar-refractivity contribution < 1.29 is 19.1 Å². The molecule has 0 aliphatic carbocycles. The van der Waals surface area contributed by atoms with Crippen LogP contribution in [0, 0.1) is 5.92 Å². The number of carbonyl (C=O) groups excluding carboxylic acids is 2. The highest BCUT2D eigenvalue weighted by Crippen LogP contribution is 2.44. The van der Waals surface area contributed by atoms with Crippen molar-refractivity contribution in [2.75, 3.05) is 19.1 Å². The number of hydrogen-bond acceptors (Lipinski definition) is 4. The fourth-order valence-corrected chi connectivity index (χ4v) is 6.78. The maximum Gasteiger partial charge on any atom is 0.329 e. The van der Waals surface area contributed by atoms with Crippen molar-refractivity contribution in [3.05, 3.63) is 54.6 Å². The number of methoxy groups -OCH3 is 2. The summed E-state index contributed by atoms with van der Waals surface area (Å²) in [6.07, 6.45) is 0. The van der Waals surface area contributed by atoms with Gasteiger partial charge in [0.1, 0.15) is 11.8 Å². The van der Waals surface area contributed by atoms with Gasteiger partial charge in [-0.25, -0.2) is 4.79 Å². The number of amides is 1. The van der Waals surface area contributed by atoms with Crippen LogP contribution in [0.1, 0.15) is 6.92 Å². The van der Waals surface area contributed by atoms with E-state index in [4.69, 9.17) is 9.47 Å². The van der Waals surface area contributed by atoms with E-state index in [-0.39, 0.29) is 23.3 Å². The molecular weight excluding hydrogens is 370 g/mol. The lowest BCUT2D eigenvalue weighted by molar-refractivity contribution is -0.152. The van der Waals surface area contributed by atoms with Gasteiger partial charge in [0, 0.05) is 5.69 Å². The lowest BCUT2D eigenvalue weighted by Gasteiger charge is -2.50. The predicted octanol–water partition coefficient (Wildman–Crippen LogP) is 3.21. The molecule has 28 heavy (non-hydrogen) atoms. The summed E-state index contributed by atoms with van der Waals surface area (Å²) in [5.74, 6) is -0.0694. The van der Waals surface area contributed by atoms with Crippen LogP contribution in [-0.4, -0.2) is 40.2 Å². The molecule has 3 rings (SSSR count). The highest BCUT2D eigenvalue weighted by atomic mass is 28.3. The minimum atomic E-state index is -1.98. The number of benzene rings is 2. The normalized spacial score (nSPS) is 20.3. The topological polar surface area (TPSA) is 55.8 Å². The third kappa shape index (κ3) is 3.33. The second kappa shape index (κ2) is 7.79. The van der Waals surface area contributed by atoms with Gasteiger partial charge in [-0.1, -0.05) is 55.5 Å². The Morgan fingerprint density at radius 3 is 2.18 bits per heavy atom. The molecule has 3 atom stereocenters. The number of hydrogen-bond donors (Lipinski definition) is 0. The van der Waals surface area contributed by atoms with Gasteiger partial charge in [-0.3, -0.25) is 9.69 Å². The largest absolute Gasteiger partial charge is 0.497 e. The Morgan fingerprint density at radius 2 is 1.64 bits per heavy atom. The van der Waals surface area contributed by atoms with Crippen LogP contribution in [0.25, 0.3) is 0 Å². The Hall–Kier alpha value is -2.60. The fourth-order valence-electron chi connectivity index (χ4n) is 3.98. The van der Waals surface area contributed by atoms with E-state index in [2.05, 4.69) is 32.2 Å². The molecular formula is C22H27NO4Si. The number of β-lactam (4-membered cyclic amide) rings is 1. The zero-order valence-corrected chi connectivity index (χ0v) is 18.0. The monoisotopic (exact) mass is 397 g/mol. The van der Waals surface area contributed by atoms with Gasteiger partial charge in [0.15, 0.2) is 0 Å². The molecule has 0 bridgehead atoms. The molecule has 1 saturated heterocycles. The van der Waals surface area contributed by atoms with E-state index in [1.807, 2.05) is 18.2 Å². The minimum Gasteiger partial charge on any atom is -0.497 e. The molecule has 0 radical (unpaired) electrons. The van der Waals surface area contributed by atoms with E-state index < -0.39 is 14.1 Å². The number of carbonyl (C=O) groups is 2. The van der Waals surface area contributed by atoms with Crippen molar-refractivity contribution in [1.82, 2.24) is 0 Å². The van der Waals surface area contributed by atoms with Crippen molar-refractivity contribution in [3.8, 4) is 5.75 Å². The summed E-state index contributed by atoms with van der Waals surface area (Å²) in [6, 6.07) is 16.9. The molecule has 6 heteroatoms. The maximum atomic E-state index is 13.2. The van der Waals surface area contributed by atoms with Crippen molar-refractivity contribution in [2.45, 2.75) is 31.6 Å². The Kier molecular flexibility index (Phi) is 5.61. The van der Waals surface area contributed by atoms with Crippen LogP contribution in [0.15, 0.2) is 54.6 Å². The van der Waals surface area contributed by atoms with Crippen LogP contribution >= 0.6 is 0 Å². The van der Waals surface area contributed by atoms with Crippen molar-refractivity contribution in [3.63, 3.8) is 0 Å². The molecule has 1 heterocycles. The SMILES string of the molecule is COC(=O)[C@H]1[C@H]([C@@H](C)[Si](C)(C)c2ccccc2)C(=O)N1c1ccc(OC)cc1. The second-order valence-corrected chi connectivity index (χ2v) is 12.7. The summed E-state index contributed by atoms with van der Waals surface area (Å²) in [6.45, 7) is 6.61. The van der Waals surface area contributed by atoms with Crippen LogP contribution in [0.5, 0.6) is 5.75 Å². The van der Waals surface area contributed by atoms with Crippen LogP contribution in [0.4, 0.5) is 5.69 Å². The van der Waals surface area contributed by atoms with Crippen molar-refractivity contribution >= 4 is 30.8 Å². The first-order chi connectivity index (χ1) is 13.3. The molecule has 0 N–H and O–H groups in total. The molecule has 0 saturated carbocycles. The molecule has 2 aromatic rings. The molecule has 1 aliphatic heterocycles. The van der Waals surface area contributed by atoms with Gasteiger partial charge in [0.25, 0.3) is 0 Å². The molecule has 1 fully saturated rings. The average Bonchev–Trinajstić information content (AvgIpc) is 2.72. The number of anilines is 1. The van der Waals surface area contributed by atoms with Crippen LogP contribution in [0.3, 0.4) is 0 Å². The first kappa shape index (κ1) is 20.1. The highest BCUT2D eigenvalue weighted by Gasteiger charge is 2.58. The molecule has 0 unspecified atom stereocenters. The minimum absolute atomic E-state index is 0.0235. The molecule has 1 amide bonds. The number of rotatable bonds is 6. The summed E-state index contributed by atoms with van der Waals surface area (Å²) < 4.78 is 10.2. The third-order valence-corrected chi connectivity index (χ3v) is 10.6. The Morgan fingerprint density at radius 1 is 1.04 bits per heavy atom. The molecule has 1 aliphatic rings. The summed E-state index contributed by atoms with van der Waals surface area (Å²) >= 11 is 0. The van der Waals surface area contributed by atoms with Gasteiger partial charge in [-0.15, -0.1) is 0 Å². The van der Waals surface area contributed by atoms with E-state index in [1.54, 1.807) is 36.3 Å². The van der Waals surface area contributed by atoms with E-state index in [1.165, 1.54) is 12.3 Å². The number of esters is 1. The van der Waals surface area contributed by atoms with E-state index in [0.29, 0.717) is 11.4 Å². The Balaban J connectivity index is 1.92. The van der Waals surface area contributed by atoms with Crippen LogP contribution in [0.2, 0.25) is 18.6 Å². The zero-order chi connectivity index (χ0) is 20.5. The van der Waals surface area contributed by atoms with Gasteiger partial charge in [0.05, 0.1) is 28.2 Å². The average molecular weight is 398 g/mol. The molecule has 0 spiro atoms. The van der Waals surface area contributed by atoms with E-state index >= 15 is 0 Å². The predicted molar refractivity (Wildman–Crippen MR) is 113 cm³/mol. The van der Waals surface area contributed by atoms with Gasteiger partial charge in [0.2, 0.25) is 5.91 Å². The lowest BCUT2D eigenvalue weighted by atomic mass is 9.84. The van der Waals surface area contributed by atoms with E-state index in [9.17, 15) is 9.59 Å². The third-order valence-electron chi connectivity index (χ3n) is 6.13. The summed E-state index contributed by atoms with van der Waals surface area (Å²) in [4.78, 5) is 27.3. The summed E-state index contributed by atoms with van der Waals surface area (Å²) in [5.41, 5.74) is 0.768. The number of nitrogens with zero attached hydrogens (tertiary/aromatic N) is 1. The first-order valence-corrected chi connectivity index (χ1v) is 12.5. The lowest BCUT2D eigenvalue weighted by Crippen LogP contribution is -2.69. The smallest absolute Gasteiger partial charge is 0.329 e. The molecule has 148 valence electrons. The van der Waals surface area contributed by atoms with Gasteiger partial charge >= 0.3 is 5.97 Å². The molecule has 0 aromatic heterocycles. The standard InChI is InChI=1S/C22H27NO4Si/c1-15(28(4,5)18-9-7-6-8-10-18)19-20(22(25)27-3)23(21(19)24)16-11-13-17(26-2)14-12-16/h6-15,19-20H,1-5H3/t15-,19+,20-/m1/s1. The quantitative estimate of drug-likeness (QED) is 0.427. The van der Waals surface area contributed by atoms with E-state index in [0.717, 1.165) is 0 Å². The van der Waals surface area contributed by atoms with Crippen molar-refractivity contribution in [2.24, 2.45) is 5.92 Å².